The molecular weight excluding hydrogens is 330 g/mol. The van der Waals surface area contributed by atoms with Crippen LogP contribution < -0.4 is 4.72 Å². The van der Waals surface area contributed by atoms with Gasteiger partial charge in [0, 0.05) is 5.54 Å². The Hall–Kier alpha value is -2.06. The van der Waals surface area contributed by atoms with Gasteiger partial charge in [-0.05, 0) is 31.9 Å². The molecule has 1 N–H and O–H groups in total. The summed E-state index contributed by atoms with van der Waals surface area (Å²) >= 11 is 0. The fourth-order valence-corrected chi connectivity index (χ4v) is 4.38. The average Bonchev–Trinajstić information content (AvgIpc) is 3.25. The Labute approximate surface area is 141 Å². The highest BCUT2D eigenvalue weighted by Crippen LogP contribution is 2.36. The molecule has 128 valence electrons. The minimum atomic E-state index is -3.63. The third-order valence-electron chi connectivity index (χ3n) is 4.45. The lowest BCUT2D eigenvalue weighted by Gasteiger charge is -2.24. The molecule has 0 aromatic carbocycles. The second-order valence-electron chi connectivity index (χ2n) is 6.54. The number of sulfonamides is 1. The number of amides is 3. The van der Waals surface area contributed by atoms with Gasteiger partial charge in [0.1, 0.15) is 23.1 Å². The molecule has 8 heteroatoms. The molecule has 3 aliphatic rings. The predicted octanol–water partition coefficient (Wildman–Crippen LogP) is 0.555. The van der Waals surface area contributed by atoms with Crippen molar-refractivity contribution in [3.8, 4) is 0 Å². The Balaban J connectivity index is 2.01. The molecule has 1 heterocycles. The first kappa shape index (κ1) is 16.8. The molecule has 0 bridgehead atoms. The van der Waals surface area contributed by atoms with Crippen molar-refractivity contribution in [3.05, 3.63) is 36.5 Å². The quantitative estimate of drug-likeness (QED) is 0.580. The monoisotopic (exact) mass is 350 g/mol. The van der Waals surface area contributed by atoms with Gasteiger partial charge >= 0.3 is 11.9 Å². The van der Waals surface area contributed by atoms with Crippen LogP contribution in [0.1, 0.15) is 19.8 Å². The number of nitrogens with one attached hydrogen (secondary N) is 1. The lowest BCUT2D eigenvalue weighted by atomic mass is 10.00. The van der Waals surface area contributed by atoms with Crippen molar-refractivity contribution in [2.24, 2.45) is 0 Å². The third-order valence-corrected chi connectivity index (χ3v) is 6.24. The fraction of sp³-hybridized carbons (Fsp3) is 0.438. The van der Waals surface area contributed by atoms with Crippen LogP contribution >= 0.6 is 0 Å². The molecule has 0 aromatic heterocycles. The van der Waals surface area contributed by atoms with Crippen LogP contribution in [0.2, 0.25) is 0 Å². The van der Waals surface area contributed by atoms with Gasteiger partial charge in [-0.3, -0.25) is 0 Å². The second kappa shape index (κ2) is 5.49. The van der Waals surface area contributed by atoms with E-state index in [1.807, 2.05) is 6.92 Å². The van der Waals surface area contributed by atoms with Crippen LogP contribution in [0.5, 0.6) is 0 Å². The van der Waals surface area contributed by atoms with Crippen molar-refractivity contribution in [1.29, 1.82) is 0 Å². The Morgan fingerprint density at radius 1 is 1.46 bits per heavy atom. The van der Waals surface area contributed by atoms with Crippen LogP contribution in [0.3, 0.4) is 0 Å². The molecule has 7 nitrogen and oxygen atoms in total. The summed E-state index contributed by atoms with van der Waals surface area (Å²) in [6.07, 6.45) is 7.60. The van der Waals surface area contributed by atoms with Crippen LogP contribution in [0.25, 0.3) is 0 Å². The zero-order valence-electron chi connectivity index (χ0n) is 13.7. The molecule has 1 atom stereocenters. The van der Waals surface area contributed by atoms with Crippen molar-refractivity contribution in [3.63, 3.8) is 0 Å². The van der Waals surface area contributed by atoms with Crippen molar-refractivity contribution < 1.29 is 22.6 Å². The van der Waals surface area contributed by atoms with Gasteiger partial charge in [-0.2, -0.15) is 14.3 Å². The molecule has 3 rings (SSSR count). The van der Waals surface area contributed by atoms with E-state index in [1.165, 1.54) is 29.9 Å². The van der Waals surface area contributed by atoms with Crippen LogP contribution in [-0.4, -0.2) is 59.9 Å². The van der Waals surface area contributed by atoms with E-state index in [2.05, 4.69) is 11.3 Å². The van der Waals surface area contributed by atoms with Gasteiger partial charge in [0.05, 0.1) is 7.05 Å². The number of urea groups is 1. The van der Waals surface area contributed by atoms with Crippen LogP contribution in [-0.2, 0) is 14.8 Å². The molecule has 1 saturated carbocycles. The van der Waals surface area contributed by atoms with Gasteiger partial charge in [-0.25, -0.2) is 17.9 Å². The first-order valence-electron chi connectivity index (χ1n) is 7.69. The number of imide groups is 1. The summed E-state index contributed by atoms with van der Waals surface area (Å²) in [5.41, 5.74) is 0.248. The number of hydrogen-bond donors (Lipinski definition) is 1. The van der Waals surface area contributed by atoms with Crippen LogP contribution in [0, 0.1) is 0 Å². The number of fused-ring (bicyclic) bond motifs is 1. The van der Waals surface area contributed by atoms with E-state index in [0.717, 1.165) is 17.7 Å². The SMILES string of the molecule is C=CC[N+]1=C2C=CC(S(=O)(=O)NC3(C)CC3)C=C2C(=O)N(C)C1=O. The number of carbonyl (C=O) groups is 2. The van der Waals surface area contributed by atoms with E-state index in [4.69, 9.17) is 0 Å². The smallest absolute Gasteiger partial charge is 0.241 e. The molecule has 2 aliphatic carbocycles. The molecular formula is C16H20N3O4S+. The summed E-state index contributed by atoms with van der Waals surface area (Å²) in [6, 6.07) is -0.457. The summed E-state index contributed by atoms with van der Waals surface area (Å²) in [5.74, 6) is -0.502. The molecule has 1 aliphatic heterocycles. The number of allylic oxidation sites excluding steroid dienone is 1. The lowest BCUT2D eigenvalue weighted by Crippen LogP contribution is -2.50. The summed E-state index contributed by atoms with van der Waals surface area (Å²) in [6.45, 7) is 5.70. The Morgan fingerprint density at radius 3 is 2.71 bits per heavy atom. The van der Waals surface area contributed by atoms with E-state index in [9.17, 15) is 18.0 Å². The van der Waals surface area contributed by atoms with Crippen molar-refractivity contribution in [1.82, 2.24) is 9.62 Å². The minimum Gasteiger partial charge on any atom is -0.241 e. The highest BCUT2D eigenvalue weighted by molar-refractivity contribution is 7.90. The van der Waals surface area contributed by atoms with Crippen molar-refractivity contribution >= 4 is 27.7 Å². The Kier molecular flexibility index (Phi) is 3.84. The van der Waals surface area contributed by atoms with E-state index in [1.54, 1.807) is 6.08 Å². The topological polar surface area (TPSA) is 86.6 Å². The molecule has 0 radical (unpaired) electrons. The van der Waals surface area contributed by atoms with Crippen molar-refractivity contribution in [2.75, 3.05) is 13.6 Å². The maximum absolute atomic E-state index is 12.5. The molecule has 1 fully saturated rings. The number of hydrogen-bond acceptors (Lipinski definition) is 4. The van der Waals surface area contributed by atoms with Gasteiger partial charge in [0.15, 0.2) is 0 Å². The highest BCUT2D eigenvalue weighted by atomic mass is 32.2. The second-order valence-corrected chi connectivity index (χ2v) is 8.38. The fourth-order valence-electron chi connectivity index (χ4n) is 2.75. The number of nitrogens with zero attached hydrogens (tertiary/aromatic N) is 2. The molecule has 0 spiro atoms. The largest absolute Gasteiger partial charge is 0.501 e. The molecule has 3 amide bonds. The van der Waals surface area contributed by atoms with E-state index >= 15 is 0 Å². The van der Waals surface area contributed by atoms with Gasteiger partial charge < -0.3 is 0 Å². The average molecular weight is 350 g/mol. The molecule has 0 saturated heterocycles. The van der Waals surface area contributed by atoms with Gasteiger partial charge in [0.2, 0.25) is 10.0 Å². The van der Waals surface area contributed by atoms with Gasteiger partial charge in [-0.15, -0.1) is 0 Å². The third kappa shape index (κ3) is 2.76. The van der Waals surface area contributed by atoms with Crippen molar-refractivity contribution in [2.45, 2.75) is 30.6 Å². The number of likely N-dealkylation sites (N-methyl/N-ethyl adjacent to an activating group) is 1. The summed E-state index contributed by atoms with van der Waals surface area (Å²) in [4.78, 5) is 25.6. The molecule has 1 unspecified atom stereocenters. The lowest BCUT2D eigenvalue weighted by molar-refractivity contribution is -0.423. The van der Waals surface area contributed by atoms with E-state index in [0.29, 0.717) is 5.71 Å². The van der Waals surface area contributed by atoms with E-state index in [-0.39, 0.29) is 17.7 Å². The standard InChI is InChI=1S/C16H20N3O4S/c1-4-9-19-13-6-5-11(24(22,23)17-16(2)7-8-16)10-12(13)14(20)18(3)15(19)21/h4-6,10-11,17H,1,7-9H2,2-3H3/q+1. The Bertz CT molecular complexity index is 831. The normalized spacial score (nSPS) is 25.5. The maximum atomic E-state index is 12.5. The number of rotatable bonds is 5. The first-order valence-corrected chi connectivity index (χ1v) is 9.24. The van der Waals surface area contributed by atoms with Gasteiger partial charge in [0.25, 0.3) is 0 Å². The number of carbonyl (C=O) groups excluding carboxylic acids is 2. The summed E-state index contributed by atoms with van der Waals surface area (Å²) in [7, 11) is -2.26. The first-order chi connectivity index (χ1) is 11.2. The highest BCUT2D eigenvalue weighted by Gasteiger charge is 2.46. The zero-order chi connectivity index (χ0) is 17.7. The van der Waals surface area contributed by atoms with Crippen LogP contribution in [0.4, 0.5) is 4.79 Å². The Morgan fingerprint density at radius 2 is 2.12 bits per heavy atom. The summed E-state index contributed by atoms with van der Waals surface area (Å²) < 4.78 is 29.2. The summed E-state index contributed by atoms with van der Waals surface area (Å²) in [5, 5.41) is -0.940. The van der Waals surface area contributed by atoms with Crippen LogP contribution in [0.15, 0.2) is 36.5 Å². The molecule has 24 heavy (non-hydrogen) atoms. The zero-order valence-corrected chi connectivity index (χ0v) is 14.5. The molecule has 0 aromatic rings. The van der Waals surface area contributed by atoms with E-state index < -0.39 is 27.2 Å². The van der Waals surface area contributed by atoms with Gasteiger partial charge in [-0.1, -0.05) is 18.7 Å². The predicted molar refractivity (Wildman–Crippen MR) is 89.2 cm³/mol. The maximum Gasteiger partial charge on any atom is 0.501 e. The minimum absolute atomic E-state index is 0.220.